The summed E-state index contributed by atoms with van der Waals surface area (Å²) < 4.78 is 26.2. The molecule has 1 atom stereocenters. The van der Waals surface area contributed by atoms with E-state index in [9.17, 15) is 13.6 Å². The van der Waals surface area contributed by atoms with E-state index in [0.717, 1.165) is 31.9 Å². The van der Waals surface area contributed by atoms with Crippen LogP contribution in [0.5, 0.6) is 0 Å². The summed E-state index contributed by atoms with van der Waals surface area (Å²) in [6.07, 6.45) is 0. The molecule has 1 fully saturated rings. The average molecular weight is 345 g/mol. The van der Waals surface area contributed by atoms with Gasteiger partial charge in [-0.15, -0.1) is 0 Å². The van der Waals surface area contributed by atoms with Crippen LogP contribution in [0.3, 0.4) is 0 Å². The van der Waals surface area contributed by atoms with Crippen molar-refractivity contribution in [2.24, 2.45) is 0 Å². The lowest BCUT2D eigenvalue weighted by molar-refractivity contribution is -0.120. The minimum Gasteiger partial charge on any atom is -0.369 e. The maximum Gasteiger partial charge on any atom is 0.241 e. The highest BCUT2D eigenvalue weighted by molar-refractivity contribution is 5.94. The van der Waals surface area contributed by atoms with Crippen LogP contribution in [0.25, 0.3) is 0 Å². The minimum absolute atomic E-state index is 0.152. The van der Waals surface area contributed by atoms with E-state index in [2.05, 4.69) is 15.1 Å². The molecule has 1 heterocycles. The van der Waals surface area contributed by atoms with Crippen LogP contribution in [-0.2, 0) is 4.79 Å². The van der Waals surface area contributed by atoms with Crippen LogP contribution < -0.4 is 10.2 Å². The number of halogens is 2. The molecule has 0 saturated carbocycles. The van der Waals surface area contributed by atoms with E-state index in [-0.39, 0.29) is 23.6 Å². The van der Waals surface area contributed by atoms with Gasteiger partial charge in [-0.25, -0.2) is 8.78 Å². The minimum atomic E-state index is -0.377. The summed E-state index contributed by atoms with van der Waals surface area (Å²) in [5.74, 6) is -0.774. The Balaban J connectivity index is 1.54. The van der Waals surface area contributed by atoms with Crippen molar-refractivity contribution in [3.63, 3.8) is 0 Å². The van der Waals surface area contributed by atoms with E-state index in [1.807, 2.05) is 6.92 Å². The Bertz CT molecular complexity index is 728. The maximum absolute atomic E-state index is 13.2. The van der Waals surface area contributed by atoms with Crippen molar-refractivity contribution < 1.29 is 13.6 Å². The smallest absolute Gasteiger partial charge is 0.241 e. The summed E-state index contributed by atoms with van der Waals surface area (Å²) in [4.78, 5) is 16.6. The van der Waals surface area contributed by atoms with E-state index < -0.39 is 0 Å². The molecular formula is C19H21F2N3O. The summed E-state index contributed by atoms with van der Waals surface area (Å²) in [6.45, 7) is 4.85. The van der Waals surface area contributed by atoms with E-state index in [1.54, 1.807) is 24.3 Å². The van der Waals surface area contributed by atoms with Crippen LogP contribution in [0.4, 0.5) is 20.2 Å². The lowest BCUT2D eigenvalue weighted by Gasteiger charge is -2.38. The van der Waals surface area contributed by atoms with E-state index in [1.165, 1.54) is 24.3 Å². The van der Waals surface area contributed by atoms with Crippen molar-refractivity contribution in [3.05, 3.63) is 60.2 Å². The fraction of sp³-hybridized carbons (Fsp3) is 0.316. The van der Waals surface area contributed by atoms with Gasteiger partial charge in [0, 0.05) is 37.6 Å². The topological polar surface area (TPSA) is 35.6 Å². The number of benzene rings is 2. The van der Waals surface area contributed by atoms with Gasteiger partial charge in [0.25, 0.3) is 0 Å². The van der Waals surface area contributed by atoms with Crippen LogP contribution in [0.2, 0.25) is 0 Å². The molecule has 1 aliphatic heterocycles. The van der Waals surface area contributed by atoms with E-state index >= 15 is 0 Å². The molecular weight excluding hydrogens is 324 g/mol. The second-order valence-electron chi connectivity index (χ2n) is 6.18. The Morgan fingerprint density at radius 1 is 1.00 bits per heavy atom. The summed E-state index contributed by atoms with van der Waals surface area (Å²) in [7, 11) is 0. The molecule has 3 rings (SSSR count). The molecule has 2 aromatic carbocycles. The second-order valence-corrected chi connectivity index (χ2v) is 6.18. The summed E-state index contributed by atoms with van der Waals surface area (Å²) in [5.41, 5.74) is 1.44. The number of hydrogen-bond donors (Lipinski definition) is 1. The van der Waals surface area contributed by atoms with Gasteiger partial charge in [-0.05, 0) is 49.4 Å². The number of anilines is 2. The largest absolute Gasteiger partial charge is 0.369 e. The van der Waals surface area contributed by atoms with Crippen molar-refractivity contribution in [2.75, 3.05) is 36.4 Å². The van der Waals surface area contributed by atoms with Crippen molar-refractivity contribution in [3.8, 4) is 0 Å². The molecule has 1 saturated heterocycles. The van der Waals surface area contributed by atoms with Gasteiger partial charge in [-0.2, -0.15) is 0 Å². The Hall–Kier alpha value is -2.47. The number of nitrogens with zero attached hydrogens (tertiary/aromatic N) is 2. The molecule has 1 N–H and O–H groups in total. The zero-order chi connectivity index (χ0) is 17.8. The molecule has 2 aromatic rings. The standard InChI is InChI=1S/C19H21F2N3O/c1-14(19(25)22-17-4-2-3-16(21)13-17)23-9-11-24(12-10-23)18-7-5-15(20)6-8-18/h2-8,13-14H,9-12H2,1H3,(H,22,25)/t14-/m0/s1. The predicted octanol–water partition coefficient (Wildman–Crippen LogP) is 3.11. The molecule has 0 bridgehead atoms. The van der Waals surface area contributed by atoms with Gasteiger partial charge in [0.15, 0.2) is 0 Å². The summed E-state index contributed by atoms with van der Waals surface area (Å²) in [6, 6.07) is 12.0. The third-order valence-corrected chi connectivity index (χ3v) is 4.53. The molecule has 1 aliphatic rings. The zero-order valence-corrected chi connectivity index (χ0v) is 14.1. The van der Waals surface area contributed by atoms with Crippen molar-refractivity contribution in [2.45, 2.75) is 13.0 Å². The Morgan fingerprint density at radius 3 is 2.32 bits per heavy atom. The fourth-order valence-corrected chi connectivity index (χ4v) is 3.00. The maximum atomic E-state index is 13.2. The van der Waals surface area contributed by atoms with Crippen LogP contribution in [-0.4, -0.2) is 43.0 Å². The van der Waals surface area contributed by atoms with Crippen LogP contribution >= 0.6 is 0 Å². The van der Waals surface area contributed by atoms with Crippen LogP contribution in [0.1, 0.15) is 6.92 Å². The third-order valence-electron chi connectivity index (χ3n) is 4.53. The highest BCUT2D eigenvalue weighted by atomic mass is 19.1. The number of hydrogen-bond acceptors (Lipinski definition) is 3. The van der Waals surface area contributed by atoms with Gasteiger partial charge < -0.3 is 10.2 Å². The first-order chi connectivity index (χ1) is 12.0. The lowest BCUT2D eigenvalue weighted by Crippen LogP contribution is -2.52. The zero-order valence-electron chi connectivity index (χ0n) is 14.1. The molecule has 0 aromatic heterocycles. The first kappa shape index (κ1) is 17.4. The van der Waals surface area contributed by atoms with E-state index in [0.29, 0.717) is 5.69 Å². The number of nitrogens with one attached hydrogen (secondary N) is 1. The predicted molar refractivity (Wildman–Crippen MR) is 94.7 cm³/mol. The summed E-state index contributed by atoms with van der Waals surface area (Å²) in [5, 5.41) is 2.75. The fourth-order valence-electron chi connectivity index (χ4n) is 3.00. The average Bonchev–Trinajstić information content (AvgIpc) is 2.62. The Morgan fingerprint density at radius 2 is 1.68 bits per heavy atom. The highest BCUT2D eigenvalue weighted by Gasteiger charge is 2.25. The molecule has 6 heteroatoms. The monoisotopic (exact) mass is 345 g/mol. The van der Waals surface area contributed by atoms with Gasteiger partial charge in [-0.3, -0.25) is 9.69 Å². The first-order valence-corrected chi connectivity index (χ1v) is 8.34. The second kappa shape index (κ2) is 7.61. The van der Waals surface area contributed by atoms with Crippen molar-refractivity contribution in [1.82, 2.24) is 4.90 Å². The van der Waals surface area contributed by atoms with Gasteiger partial charge in [0.2, 0.25) is 5.91 Å². The summed E-state index contributed by atoms with van der Waals surface area (Å²) >= 11 is 0. The molecule has 4 nitrogen and oxygen atoms in total. The molecule has 1 amide bonds. The van der Waals surface area contributed by atoms with Crippen molar-refractivity contribution >= 4 is 17.3 Å². The molecule has 0 spiro atoms. The van der Waals surface area contributed by atoms with Gasteiger partial charge >= 0.3 is 0 Å². The SMILES string of the molecule is C[C@@H](C(=O)Nc1cccc(F)c1)N1CCN(c2ccc(F)cc2)CC1. The Kier molecular flexibility index (Phi) is 5.28. The molecule has 25 heavy (non-hydrogen) atoms. The quantitative estimate of drug-likeness (QED) is 0.925. The molecule has 132 valence electrons. The normalized spacial score (nSPS) is 16.5. The van der Waals surface area contributed by atoms with Gasteiger partial charge in [0.05, 0.1) is 6.04 Å². The number of amides is 1. The van der Waals surface area contributed by atoms with Gasteiger partial charge in [0.1, 0.15) is 11.6 Å². The number of carbonyl (C=O) groups excluding carboxylic acids is 1. The Labute approximate surface area is 146 Å². The third kappa shape index (κ3) is 4.33. The molecule has 0 unspecified atom stereocenters. The number of carbonyl (C=O) groups is 1. The van der Waals surface area contributed by atoms with E-state index in [4.69, 9.17) is 0 Å². The van der Waals surface area contributed by atoms with Crippen LogP contribution in [0, 0.1) is 11.6 Å². The lowest BCUT2D eigenvalue weighted by atomic mass is 10.2. The number of rotatable bonds is 4. The van der Waals surface area contributed by atoms with Crippen LogP contribution in [0.15, 0.2) is 48.5 Å². The highest BCUT2D eigenvalue weighted by Crippen LogP contribution is 2.18. The van der Waals surface area contributed by atoms with Gasteiger partial charge in [-0.1, -0.05) is 6.07 Å². The first-order valence-electron chi connectivity index (χ1n) is 8.34. The molecule has 0 radical (unpaired) electrons. The van der Waals surface area contributed by atoms with Crippen molar-refractivity contribution in [1.29, 1.82) is 0 Å². The molecule has 0 aliphatic carbocycles. The number of piperazine rings is 1.